The predicted molar refractivity (Wildman–Crippen MR) is 276 cm³/mol. The molecule has 0 aliphatic heterocycles. The van der Waals surface area contributed by atoms with Gasteiger partial charge in [0.15, 0.2) is 0 Å². The number of amides is 2. The van der Waals surface area contributed by atoms with E-state index in [2.05, 4.69) is 18.4 Å². The molecule has 0 aromatic heterocycles. The number of carbonyl (C=O) groups is 11. The standard InChI is InChI=1S/C9H11NO3.C9H11NO2.C6H13NO2.C5H10N2O3.C5H9NO4.C4H8N2O3.C3H7NO3.C3H7NO2S/c10-8(9(12)13)5-6-1-3-7(11)4-2-6;10-8(9(11)12)6-7-4-2-1-3-5-7;1-4(2)3-5(7)6(8)9;2*6-3(5(9)10)1-2-4(7)8;5-2(4(8)9)1-3(6)7;4-2(1-5)3(6)7;4-2(1-7)3(5)6/h1-4,8,11H,5,10H2,(H,12,13);1-5,8H,6,10H2,(H,11,12);4-5H,3,7H2,1-2H3,(H,8,9);3H,1-2,6H2,(H2,7,8)(H,9,10);3H,1-2,6H2,(H,7,8)(H,9,10);2H,1,5H2,(H2,6,7)(H,8,9);2,5H,1,4H2,(H,6,7);2,7H,1,4H2,(H,5,6). The molecule has 440 valence electrons. The van der Waals surface area contributed by atoms with Crippen LogP contribution >= 0.6 is 12.6 Å². The highest BCUT2D eigenvalue weighted by molar-refractivity contribution is 7.80. The van der Waals surface area contributed by atoms with Crippen molar-refractivity contribution >= 4 is 78.2 Å². The Morgan fingerprint density at radius 3 is 1.00 bits per heavy atom. The predicted octanol–water partition coefficient (Wildman–Crippen LogP) is -4.65. The molecule has 31 N–H and O–H groups in total. The molecule has 0 saturated heterocycles. The fraction of sp³-hybridized carbons (Fsp3) is 0.477. The van der Waals surface area contributed by atoms with Gasteiger partial charge in [-0.25, -0.2) is 0 Å². The molecular weight excluding hydrogens is 1050 g/mol. The van der Waals surface area contributed by atoms with Gasteiger partial charge in [-0.15, -0.1) is 0 Å². The van der Waals surface area contributed by atoms with Crippen LogP contribution in [0.25, 0.3) is 0 Å². The number of rotatable bonds is 24. The second-order valence-electron chi connectivity index (χ2n) is 15.7. The minimum atomic E-state index is -1.21. The van der Waals surface area contributed by atoms with Crippen LogP contribution in [-0.2, 0) is 65.6 Å². The van der Waals surface area contributed by atoms with Crippen molar-refractivity contribution in [2.45, 2.75) is 114 Å². The smallest absolute Gasteiger partial charge is 0.322 e. The second-order valence-corrected chi connectivity index (χ2v) is 16.1. The third-order valence-corrected chi connectivity index (χ3v) is 8.53. The number of primary amides is 2. The number of hydrogen-bond donors (Lipinski definition) is 22. The maximum absolute atomic E-state index is 10.4. The first kappa shape index (κ1) is 80.8. The monoisotopic (exact) mass is 1130 g/mol. The molecule has 2 aromatic carbocycles. The number of carboxylic acid groups (broad SMARTS) is 9. The first-order valence-electron chi connectivity index (χ1n) is 22.0. The Labute approximate surface area is 446 Å². The zero-order chi connectivity index (χ0) is 61.7. The van der Waals surface area contributed by atoms with Gasteiger partial charge in [0.25, 0.3) is 0 Å². The van der Waals surface area contributed by atoms with E-state index >= 15 is 0 Å². The highest BCUT2D eigenvalue weighted by Crippen LogP contribution is 2.11. The normalized spacial score (nSPS) is 12.8. The lowest BCUT2D eigenvalue weighted by atomic mass is 10.1. The summed E-state index contributed by atoms with van der Waals surface area (Å²) in [6.07, 6.45) is 0.798. The number of thiol groups is 1. The third kappa shape index (κ3) is 57.5. The van der Waals surface area contributed by atoms with Gasteiger partial charge in [0.1, 0.15) is 54.1 Å². The molecule has 0 bridgehead atoms. The van der Waals surface area contributed by atoms with Crippen molar-refractivity contribution in [2.75, 3.05) is 12.4 Å². The average Bonchev–Trinajstić information content (AvgIpc) is 3.33. The number of hydrogen-bond acceptors (Lipinski definition) is 22. The summed E-state index contributed by atoms with van der Waals surface area (Å²) in [7, 11) is 0. The van der Waals surface area contributed by atoms with E-state index < -0.39 is 120 Å². The first-order valence-corrected chi connectivity index (χ1v) is 22.6. The largest absolute Gasteiger partial charge is 0.508 e. The van der Waals surface area contributed by atoms with Gasteiger partial charge in [-0.1, -0.05) is 56.3 Å². The quantitative estimate of drug-likeness (QED) is 0.0440. The zero-order valence-electron chi connectivity index (χ0n) is 42.1. The molecule has 33 heteroatoms. The maximum Gasteiger partial charge on any atom is 0.322 e. The lowest BCUT2D eigenvalue weighted by Gasteiger charge is -2.07. The number of aliphatic hydroxyl groups is 1. The molecule has 77 heavy (non-hydrogen) atoms. The van der Waals surface area contributed by atoms with Crippen molar-refractivity contribution in [3.8, 4) is 5.75 Å². The molecule has 8 atom stereocenters. The van der Waals surface area contributed by atoms with Gasteiger partial charge in [-0.2, -0.15) is 12.6 Å². The first-order chi connectivity index (χ1) is 35.3. The number of aromatic hydroxyl groups is 1. The Bertz CT molecular complexity index is 2010. The number of nitrogens with two attached hydrogens (primary N) is 10. The van der Waals surface area contributed by atoms with E-state index in [-0.39, 0.29) is 50.0 Å². The summed E-state index contributed by atoms with van der Waals surface area (Å²) >= 11 is 3.65. The molecule has 0 aliphatic carbocycles. The van der Waals surface area contributed by atoms with Crippen LogP contribution in [0.2, 0.25) is 0 Å². The average molecular weight is 1130 g/mol. The molecule has 2 aromatic rings. The highest BCUT2D eigenvalue weighted by atomic mass is 32.1. The summed E-state index contributed by atoms with van der Waals surface area (Å²) in [6.45, 7) is 3.39. The molecule has 0 radical (unpaired) electrons. The fourth-order valence-electron chi connectivity index (χ4n) is 3.82. The molecule has 8 unspecified atom stereocenters. The third-order valence-electron chi connectivity index (χ3n) is 8.14. The van der Waals surface area contributed by atoms with Crippen LogP contribution in [0.1, 0.15) is 63.5 Å². The minimum Gasteiger partial charge on any atom is -0.508 e. The van der Waals surface area contributed by atoms with Crippen molar-refractivity contribution in [3.05, 3.63) is 65.7 Å². The number of aliphatic carboxylic acids is 9. The number of phenolic OH excluding ortho intramolecular Hbond substituents is 1. The highest BCUT2D eigenvalue weighted by Gasteiger charge is 2.16. The number of carbonyl (C=O) groups excluding carboxylic acids is 2. The van der Waals surface area contributed by atoms with Crippen LogP contribution in [0.3, 0.4) is 0 Å². The van der Waals surface area contributed by atoms with Crippen LogP contribution in [0.5, 0.6) is 5.75 Å². The molecule has 2 amide bonds. The maximum atomic E-state index is 10.4. The fourth-order valence-corrected chi connectivity index (χ4v) is 3.98. The summed E-state index contributed by atoms with van der Waals surface area (Å²) < 4.78 is 0. The van der Waals surface area contributed by atoms with E-state index in [1.54, 1.807) is 12.1 Å². The van der Waals surface area contributed by atoms with Crippen LogP contribution in [0.4, 0.5) is 0 Å². The Morgan fingerprint density at radius 2 is 0.779 bits per heavy atom. The van der Waals surface area contributed by atoms with Gasteiger partial charge in [-0.05, 0) is 61.3 Å². The van der Waals surface area contributed by atoms with Crippen LogP contribution in [0.15, 0.2) is 54.6 Å². The van der Waals surface area contributed by atoms with Gasteiger partial charge in [-0.3, -0.25) is 52.7 Å². The van der Waals surface area contributed by atoms with Crippen molar-refractivity contribution in [3.63, 3.8) is 0 Å². The number of carboxylic acids is 9. The van der Waals surface area contributed by atoms with Crippen molar-refractivity contribution in [2.24, 2.45) is 63.3 Å². The van der Waals surface area contributed by atoms with Crippen molar-refractivity contribution in [1.82, 2.24) is 0 Å². The van der Waals surface area contributed by atoms with Gasteiger partial charge >= 0.3 is 53.7 Å². The van der Waals surface area contributed by atoms with Crippen LogP contribution < -0.4 is 57.3 Å². The van der Waals surface area contributed by atoms with E-state index in [1.807, 2.05) is 44.2 Å². The lowest BCUT2D eigenvalue weighted by Crippen LogP contribution is -2.34. The summed E-state index contributed by atoms with van der Waals surface area (Å²) in [4.78, 5) is 110. The molecule has 0 heterocycles. The Kier molecular flexibility index (Phi) is 50.4. The number of benzene rings is 2. The van der Waals surface area contributed by atoms with Crippen LogP contribution in [-0.4, -0.2) is 182 Å². The Hall–Kier alpha value is -7.60. The summed E-state index contributed by atoms with van der Waals surface area (Å²) in [5.41, 5.74) is 51.7. The number of phenols is 1. The molecule has 32 nitrogen and oxygen atoms in total. The molecule has 0 aliphatic rings. The van der Waals surface area contributed by atoms with Crippen molar-refractivity contribution < 1.29 is 109 Å². The van der Waals surface area contributed by atoms with Crippen molar-refractivity contribution in [1.29, 1.82) is 0 Å². The molecule has 0 spiro atoms. The SMILES string of the molecule is CC(C)CC(N)C(=O)O.NC(=O)CC(N)C(=O)O.NC(=O)CCC(N)C(=O)O.NC(CCC(=O)O)C(=O)O.NC(CO)C(=O)O.NC(CS)C(=O)O.NC(Cc1ccc(O)cc1)C(=O)O.NC(Cc1ccccc1)C(=O)O. The Balaban J connectivity index is -0.000000189. The minimum absolute atomic E-state index is 0.0213. The molecule has 2 rings (SSSR count). The van der Waals surface area contributed by atoms with Gasteiger partial charge in [0.2, 0.25) is 11.8 Å². The molecular formula is C44H76N10O22S. The summed E-state index contributed by atoms with van der Waals surface area (Å²) in [6, 6.07) is 8.13. The van der Waals surface area contributed by atoms with E-state index in [9.17, 15) is 52.7 Å². The van der Waals surface area contributed by atoms with Gasteiger partial charge < -0.3 is 114 Å². The van der Waals surface area contributed by atoms with E-state index in [1.165, 1.54) is 12.1 Å². The molecule has 0 saturated carbocycles. The zero-order valence-corrected chi connectivity index (χ0v) is 43.0. The van der Waals surface area contributed by atoms with E-state index in [0.717, 1.165) is 11.1 Å². The summed E-state index contributed by atoms with van der Waals surface area (Å²) in [5.74, 6) is -10.1. The van der Waals surface area contributed by atoms with E-state index in [0.29, 0.717) is 18.8 Å². The topological polar surface area (TPSA) is 671 Å². The second kappa shape index (κ2) is 48.1. The molecule has 0 fully saturated rings. The summed E-state index contributed by atoms with van der Waals surface area (Å²) in [5, 5.41) is 90.8. The van der Waals surface area contributed by atoms with Gasteiger partial charge in [0.05, 0.1) is 13.0 Å². The number of aliphatic hydroxyl groups excluding tert-OH is 1. The van der Waals surface area contributed by atoms with Crippen LogP contribution in [0, 0.1) is 5.92 Å². The van der Waals surface area contributed by atoms with Gasteiger partial charge in [0, 0.05) is 18.6 Å². The Morgan fingerprint density at radius 1 is 0.442 bits per heavy atom. The van der Waals surface area contributed by atoms with E-state index in [4.69, 9.17) is 108 Å². The lowest BCUT2D eigenvalue weighted by molar-refractivity contribution is -0.141.